The Bertz CT molecular complexity index is 1030. The summed E-state index contributed by atoms with van der Waals surface area (Å²) in [5.74, 6) is -3.10. The molecule has 1 unspecified atom stereocenters. The third-order valence-electron chi connectivity index (χ3n) is 4.62. The normalized spacial score (nSPS) is 17.3. The molecule has 1 amide bonds. The van der Waals surface area contributed by atoms with Crippen LogP contribution in [-0.2, 0) is 15.8 Å². The van der Waals surface area contributed by atoms with E-state index in [9.17, 15) is 32.3 Å². The van der Waals surface area contributed by atoms with E-state index >= 15 is 0 Å². The summed E-state index contributed by atoms with van der Waals surface area (Å²) in [6, 6.07) is 9.14. The first-order valence-electron chi connectivity index (χ1n) is 8.82. The number of halogens is 4. The highest BCUT2D eigenvalue weighted by Gasteiger charge is 2.36. The van der Waals surface area contributed by atoms with E-state index in [1.807, 2.05) is 0 Å². The van der Waals surface area contributed by atoms with Gasteiger partial charge in [-0.05, 0) is 61.4 Å². The first kappa shape index (κ1) is 21.2. The van der Waals surface area contributed by atoms with Crippen molar-refractivity contribution in [3.05, 3.63) is 71.0 Å². The van der Waals surface area contributed by atoms with Crippen molar-refractivity contribution in [2.75, 3.05) is 5.01 Å². The van der Waals surface area contributed by atoms with Crippen LogP contribution in [0, 0.1) is 11.7 Å². The largest absolute Gasteiger partial charge is 0.478 e. The van der Waals surface area contributed by atoms with Gasteiger partial charge in [0.25, 0.3) is 5.91 Å². The van der Waals surface area contributed by atoms with Crippen LogP contribution in [0.15, 0.2) is 59.2 Å². The highest BCUT2D eigenvalue weighted by Crippen LogP contribution is 2.31. The van der Waals surface area contributed by atoms with Crippen LogP contribution >= 0.6 is 0 Å². The van der Waals surface area contributed by atoms with E-state index in [1.54, 1.807) is 6.92 Å². The topological polar surface area (TPSA) is 70.0 Å². The minimum absolute atomic E-state index is 0.149. The highest BCUT2D eigenvalue weighted by atomic mass is 19.4. The number of nitrogens with zero attached hydrogens (tertiary/aromatic N) is 2. The molecule has 1 heterocycles. The van der Waals surface area contributed by atoms with E-state index in [-0.39, 0.29) is 17.6 Å². The lowest BCUT2D eigenvalue weighted by Gasteiger charge is -2.14. The van der Waals surface area contributed by atoms with Crippen LogP contribution in [0.2, 0.25) is 0 Å². The van der Waals surface area contributed by atoms with Gasteiger partial charge in [0.15, 0.2) is 0 Å². The number of hydrogen-bond donors (Lipinski definition) is 1. The number of aliphatic carboxylic acids is 1. The van der Waals surface area contributed by atoms with E-state index in [2.05, 4.69) is 5.10 Å². The molecule has 0 aliphatic carbocycles. The van der Waals surface area contributed by atoms with E-state index in [0.29, 0.717) is 11.4 Å². The number of hydrogen-bond acceptors (Lipinski definition) is 3. The fraction of sp³-hybridized carbons (Fsp3) is 0.190. The third-order valence-corrected chi connectivity index (χ3v) is 4.62. The van der Waals surface area contributed by atoms with E-state index < -0.39 is 35.4 Å². The quantitative estimate of drug-likeness (QED) is 0.561. The van der Waals surface area contributed by atoms with Gasteiger partial charge in [-0.3, -0.25) is 4.79 Å². The molecule has 1 N–H and O–H groups in total. The smallest absolute Gasteiger partial charge is 0.416 e. The molecule has 1 atom stereocenters. The maximum atomic E-state index is 13.1. The van der Waals surface area contributed by atoms with Gasteiger partial charge >= 0.3 is 12.1 Å². The Hall–Kier alpha value is -3.49. The molecular formula is C21H16F4N2O3. The first-order valence-corrected chi connectivity index (χ1v) is 8.82. The monoisotopic (exact) mass is 420 g/mol. The maximum absolute atomic E-state index is 13.1. The van der Waals surface area contributed by atoms with Gasteiger partial charge in [0, 0.05) is 11.3 Å². The minimum Gasteiger partial charge on any atom is -0.478 e. The van der Waals surface area contributed by atoms with E-state index in [4.69, 9.17) is 0 Å². The number of carboxylic acid groups (broad SMARTS) is 1. The molecule has 9 heteroatoms. The molecule has 0 spiro atoms. The van der Waals surface area contributed by atoms with Crippen molar-refractivity contribution in [1.82, 2.24) is 0 Å². The Morgan fingerprint density at radius 1 is 1.13 bits per heavy atom. The number of carbonyl (C=O) groups is 2. The number of rotatable bonds is 5. The van der Waals surface area contributed by atoms with Gasteiger partial charge < -0.3 is 5.11 Å². The second-order valence-electron chi connectivity index (χ2n) is 6.72. The number of carbonyl (C=O) groups excluding carboxylic acids is 1. The van der Waals surface area contributed by atoms with Gasteiger partial charge in [0.1, 0.15) is 5.82 Å². The van der Waals surface area contributed by atoms with Crippen LogP contribution in [-0.4, -0.2) is 22.7 Å². The Morgan fingerprint density at radius 3 is 2.27 bits per heavy atom. The molecule has 5 nitrogen and oxygen atoms in total. The molecule has 156 valence electrons. The van der Waals surface area contributed by atoms with Crippen LogP contribution in [0.5, 0.6) is 0 Å². The highest BCUT2D eigenvalue weighted by molar-refractivity contribution is 6.15. The molecule has 3 rings (SSSR count). The molecule has 0 saturated heterocycles. The van der Waals surface area contributed by atoms with Gasteiger partial charge in [0.2, 0.25) is 0 Å². The van der Waals surface area contributed by atoms with Crippen LogP contribution in [0.1, 0.15) is 24.5 Å². The van der Waals surface area contributed by atoms with Gasteiger partial charge in [-0.2, -0.15) is 18.3 Å². The van der Waals surface area contributed by atoms with Crippen molar-refractivity contribution in [2.45, 2.75) is 19.5 Å². The summed E-state index contributed by atoms with van der Waals surface area (Å²) in [7, 11) is 0. The molecule has 1 aliphatic heterocycles. The molecular weight excluding hydrogens is 404 g/mol. The van der Waals surface area contributed by atoms with Gasteiger partial charge in [-0.1, -0.05) is 12.1 Å². The summed E-state index contributed by atoms with van der Waals surface area (Å²) >= 11 is 0. The van der Waals surface area contributed by atoms with Crippen LogP contribution in [0.4, 0.5) is 23.2 Å². The standard InChI is InChI=1S/C21H16F4N2O3/c1-12-18(19(28)27(26-12)17-8-6-16(22)7-9-17)11-14(20(29)30)10-13-2-4-15(5-3-13)21(23,24)25/h2-10,18H,11H2,1H3,(H,29,30). The first-order chi connectivity index (χ1) is 14.1. The number of hydrazone groups is 1. The average molecular weight is 420 g/mol. The second-order valence-corrected chi connectivity index (χ2v) is 6.72. The fourth-order valence-electron chi connectivity index (χ4n) is 3.00. The summed E-state index contributed by atoms with van der Waals surface area (Å²) < 4.78 is 51.1. The van der Waals surface area contributed by atoms with Gasteiger partial charge in [0.05, 0.1) is 17.2 Å². The predicted molar refractivity (Wildman–Crippen MR) is 102 cm³/mol. The SMILES string of the molecule is CC1=NN(c2ccc(F)cc2)C(=O)C1CC(=Cc1ccc(C(F)(F)F)cc1)C(=O)O. The Labute approximate surface area is 168 Å². The molecule has 0 saturated carbocycles. The number of amides is 1. The number of alkyl halides is 3. The Balaban J connectivity index is 1.82. The lowest BCUT2D eigenvalue weighted by Crippen LogP contribution is -2.28. The number of anilines is 1. The molecule has 2 aromatic rings. The molecule has 2 aromatic carbocycles. The van der Waals surface area contributed by atoms with Crippen molar-refractivity contribution in [2.24, 2.45) is 11.0 Å². The van der Waals surface area contributed by atoms with Crippen molar-refractivity contribution in [1.29, 1.82) is 0 Å². The van der Waals surface area contributed by atoms with Crippen LogP contribution < -0.4 is 5.01 Å². The second kappa shape index (κ2) is 8.10. The number of benzene rings is 2. The Kier molecular flexibility index (Phi) is 5.73. The van der Waals surface area contributed by atoms with Crippen molar-refractivity contribution in [3.63, 3.8) is 0 Å². The molecule has 0 fully saturated rings. The Morgan fingerprint density at radius 2 is 1.73 bits per heavy atom. The van der Waals surface area contributed by atoms with E-state index in [1.165, 1.54) is 30.3 Å². The van der Waals surface area contributed by atoms with Crippen molar-refractivity contribution >= 4 is 29.4 Å². The molecule has 0 radical (unpaired) electrons. The van der Waals surface area contributed by atoms with Crippen LogP contribution in [0.25, 0.3) is 6.08 Å². The summed E-state index contributed by atoms with van der Waals surface area (Å²) in [5.41, 5.74) is -0.0180. The van der Waals surface area contributed by atoms with Gasteiger partial charge in [-0.15, -0.1) is 0 Å². The maximum Gasteiger partial charge on any atom is 0.416 e. The molecule has 0 aromatic heterocycles. The summed E-state index contributed by atoms with van der Waals surface area (Å²) in [4.78, 5) is 24.4. The summed E-state index contributed by atoms with van der Waals surface area (Å²) in [6.45, 7) is 1.57. The lowest BCUT2D eigenvalue weighted by molar-refractivity contribution is -0.137. The summed E-state index contributed by atoms with van der Waals surface area (Å²) in [5, 5.41) is 14.7. The molecule has 0 bridgehead atoms. The zero-order chi connectivity index (χ0) is 22.1. The fourth-order valence-corrected chi connectivity index (χ4v) is 3.00. The van der Waals surface area contributed by atoms with Crippen LogP contribution in [0.3, 0.4) is 0 Å². The minimum atomic E-state index is -4.49. The molecule has 1 aliphatic rings. The lowest BCUT2D eigenvalue weighted by atomic mass is 9.93. The van der Waals surface area contributed by atoms with E-state index in [0.717, 1.165) is 29.3 Å². The summed E-state index contributed by atoms with van der Waals surface area (Å²) in [6.07, 6.45) is -3.46. The average Bonchev–Trinajstić information content (AvgIpc) is 2.96. The van der Waals surface area contributed by atoms with Gasteiger partial charge in [-0.25, -0.2) is 14.2 Å². The molecule has 30 heavy (non-hydrogen) atoms. The van der Waals surface area contributed by atoms with Crippen molar-refractivity contribution < 1.29 is 32.3 Å². The predicted octanol–water partition coefficient (Wildman–Crippen LogP) is 4.74. The van der Waals surface area contributed by atoms with Crippen molar-refractivity contribution in [3.8, 4) is 0 Å². The zero-order valence-corrected chi connectivity index (χ0v) is 15.7. The zero-order valence-electron chi connectivity index (χ0n) is 15.7. The third kappa shape index (κ3) is 4.56. The number of carboxylic acids is 1.